The van der Waals surface area contributed by atoms with Gasteiger partial charge in [0.2, 0.25) is 11.8 Å². The molecule has 2 heterocycles. The van der Waals surface area contributed by atoms with Crippen LogP contribution in [0.4, 0.5) is 0 Å². The van der Waals surface area contributed by atoms with E-state index >= 15 is 0 Å². The van der Waals surface area contributed by atoms with Gasteiger partial charge in [0.25, 0.3) is 0 Å². The molecule has 0 atom stereocenters. The van der Waals surface area contributed by atoms with Crippen molar-refractivity contribution in [2.75, 3.05) is 0 Å². The van der Waals surface area contributed by atoms with E-state index in [1.165, 1.54) is 6.20 Å². The second-order valence-electron chi connectivity index (χ2n) is 2.64. The Balaban J connectivity index is 2.16. The SMILES string of the molecule is Cc1cnc(Oc2cnccn2)cn1. The maximum absolute atomic E-state index is 5.29. The van der Waals surface area contributed by atoms with Gasteiger partial charge in [0.15, 0.2) is 0 Å². The summed E-state index contributed by atoms with van der Waals surface area (Å²) in [7, 11) is 0. The van der Waals surface area contributed by atoms with Crippen LogP contribution in [0.3, 0.4) is 0 Å². The van der Waals surface area contributed by atoms with Gasteiger partial charge in [-0.05, 0) is 6.92 Å². The largest absolute Gasteiger partial charge is 0.417 e. The highest BCUT2D eigenvalue weighted by Gasteiger charge is 1.98. The Morgan fingerprint density at radius 1 is 0.929 bits per heavy atom. The molecule has 2 aromatic heterocycles. The highest BCUT2D eigenvalue weighted by atomic mass is 16.5. The second-order valence-corrected chi connectivity index (χ2v) is 2.64. The molecule has 70 valence electrons. The molecule has 5 nitrogen and oxygen atoms in total. The fourth-order valence-electron chi connectivity index (χ4n) is 0.879. The van der Waals surface area contributed by atoms with Crippen LogP contribution in [0.5, 0.6) is 11.8 Å². The van der Waals surface area contributed by atoms with E-state index < -0.39 is 0 Å². The maximum Gasteiger partial charge on any atom is 0.239 e. The maximum atomic E-state index is 5.29. The van der Waals surface area contributed by atoms with Crippen molar-refractivity contribution in [3.8, 4) is 11.8 Å². The number of nitrogens with zero attached hydrogens (tertiary/aromatic N) is 4. The van der Waals surface area contributed by atoms with Crippen LogP contribution < -0.4 is 4.74 Å². The lowest BCUT2D eigenvalue weighted by atomic mass is 10.5. The molecule has 0 unspecified atom stereocenters. The van der Waals surface area contributed by atoms with Crippen LogP contribution >= 0.6 is 0 Å². The summed E-state index contributed by atoms with van der Waals surface area (Å²) >= 11 is 0. The van der Waals surface area contributed by atoms with Crippen molar-refractivity contribution in [3.63, 3.8) is 0 Å². The molecule has 2 aromatic rings. The molecule has 0 saturated carbocycles. The monoisotopic (exact) mass is 188 g/mol. The van der Waals surface area contributed by atoms with Crippen LogP contribution in [0.1, 0.15) is 5.69 Å². The summed E-state index contributed by atoms with van der Waals surface area (Å²) in [6.45, 7) is 1.86. The van der Waals surface area contributed by atoms with Crippen LogP contribution in [0.15, 0.2) is 31.0 Å². The molecule has 5 heteroatoms. The minimum absolute atomic E-state index is 0.408. The first-order valence-electron chi connectivity index (χ1n) is 4.07. The topological polar surface area (TPSA) is 60.8 Å². The third kappa shape index (κ3) is 2.01. The highest BCUT2D eigenvalue weighted by Crippen LogP contribution is 2.13. The summed E-state index contributed by atoms with van der Waals surface area (Å²) in [6, 6.07) is 0. The number of ether oxygens (including phenoxy) is 1. The lowest BCUT2D eigenvalue weighted by Gasteiger charge is -2.01. The van der Waals surface area contributed by atoms with Crippen LogP contribution in [0.2, 0.25) is 0 Å². The van der Waals surface area contributed by atoms with E-state index in [0.29, 0.717) is 11.8 Å². The first kappa shape index (κ1) is 8.55. The Kier molecular flexibility index (Phi) is 2.31. The predicted octanol–water partition coefficient (Wildman–Crippen LogP) is 1.37. The lowest BCUT2D eigenvalue weighted by molar-refractivity contribution is 0.439. The molecule has 0 aliphatic rings. The van der Waals surface area contributed by atoms with Gasteiger partial charge in [-0.1, -0.05) is 0 Å². The smallest absolute Gasteiger partial charge is 0.239 e. The zero-order valence-electron chi connectivity index (χ0n) is 7.58. The molecule has 0 aliphatic carbocycles. The Bertz CT molecular complexity index is 401. The summed E-state index contributed by atoms with van der Waals surface area (Å²) in [5, 5.41) is 0. The van der Waals surface area contributed by atoms with E-state index in [9.17, 15) is 0 Å². The Morgan fingerprint density at radius 3 is 2.43 bits per heavy atom. The van der Waals surface area contributed by atoms with Crippen LogP contribution in [0.25, 0.3) is 0 Å². The number of aryl methyl sites for hydroxylation is 1. The van der Waals surface area contributed by atoms with Crippen molar-refractivity contribution in [3.05, 3.63) is 36.7 Å². The van der Waals surface area contributed by atoms with Gasteiger partial charge in [-0.2, -0.15) is 0 Å². The predicted molar refractivity (Wildman–Crippen MR) is 48.9 cm³/mol. The van der Waals surface area contributed by atoms with E-state index in [-0.39, 0.29) is 0 Å². The van der Waals surface area contributed by atoms with Crippen LogP contribution in [-0.4, -0.2) is 19.9 Å². The minimum Gasteiger partial charge on any atom is -0.417 e. The molecule has 0 saturated heterocycles. The molecule has 0 N–H and O–H groups in total. The number of aromatic nitrogens is 4. The van der Waals surface area contributed by atoms with Crippen molar-refractivity contribution < 1.29 is 4.74 Å². The molecule has 0 fully saturated rings. The third-order valence-corrected chi connectivity index (χ3v) is 1.51. The van der Waals surface area contributed by atoms with Gasteiger partial charge in [0, 0.05) is 12.4 Å². The molecule has 14 heavy (non-hydrogen) atoms. The van der Waals surface area contributed by atoms with E-state index in [4.69, 9.17) is 4.74 Å². The molecule has 0 aromatic carbocycles. The first-order chi connectivity index (χ1) is 6.84. The summed E-state index contributed by atoms with van der Waals surface area (Å²) in [6.07, 6.45) is 7.82. The summed E-state index contributed by atoms with van der Waals surface area (Å²) < 4.78 is 5.29. The molecule has 0 amide bonds. The van der Waals surface area contributed by atoms with Crippen molar-refractivity contribution in [2.45, 2.75) is 6.92 Å². The quantitative estimate of drug-likeness (QED) is 0.712. The number of rotatable bonds is 2. The zero-order valence-corrected chi connectivity index (χ0v) is 7.58. The van der Waals surface area contributed by atoms with Gasteiger partial charge in [0.05, 0.1) is 24.3 Å². The molecular formula is C9H8N4O. The molecule has 0 radical (unpaired) electrons. The normalized spacial score (nSPS) is 9.79. The average molecular weight is 188 g/mol. The van der Waals surface area contributed by atoms with Gasteiger partial charge >= 0.3 is 0 Å². The van der Waals surface area contributed by atoms with E-state index in [1.807, 2.05) is 6.92 Å². The summed E-state index contributed by atoms with van der Waals surface area (Å²) in [4.78, 5) is 15.9. The fraction of sp³-hybridized carbons (Fsp3) is 0.111. The lowest BCUT2D eigenvalue weighted by Crippen LogP contribution is -1.92. The Hall–Kier alpha value is -2.04. The van der Waals surface area contributed by atoms with Crippen LogP contribution in [0, 0.1) is 6.92 Å². The second kappa shape index (κ2) is 3.78. The minimum atomic E-state index is 0.408. The van der Waals surface area contributed by atoms with Gasteiger partial charge in [0.1, 0.15) is 0 Å². The number of hydrogen-bond acceptors (Lipinski definition) is 5. The Morgan fingerprint density at radius 2 is 1.79 bits per heavy atom. The van der Waals surface area contributed by atoms with Gasteiger partial charge in [-0.25, -0.2) is 9.97 Å². The van der Waals surface area contributed by atoms with E-state index in [0.717, 1.165) is 5.69 Å². The highest BCUT2D eigenvalue weighted by molar-refractivity contribution is 5.14. The zero-order chi connectivity index (χ0) is 9.80. The average Bonchev–Trinajstić information content (AvgIpc) is 2.23. The van der Waals surface area contributed by atoms with Crippen molar-refractivity contribution in [1.29, 1.82) is 0 Å². The molecule has 0 spiro atoms. The molecule has 0 bridgehead atoms. The summed E-state index contributed by atoms with van der Waals surface area (Å²) in [5.74, 6) is 0.821. The number of hydrogen-bond donors (Lipinski definition) is 0. The van der Waals surface area contributed by atoms with Crippen molar-refractivity contribution >= 4 is 0 Å². The molecular weight excluding hydrogens is 180 g/mol. The van der Waals surface area contributed by atoms with Gasteiger partial charge < -0.3 is 4.74 Å². The molecule has 2 rings (SSSR count). The first-order valence-corrected chi connectivity index (χ1v) is 4.07. The van der Waals surface area contributed by atoms with E-state index in [1.54, 1.807) is 24.8 Å². The standard InChI is InChI=1S/C9H8N4O/c1-7-4-13-9(6-12-7)14-8-5-10-2-3-11-8/h2-6H,1H3. The van der Waals surface area contributed by atoms with E-state index in [2.05, 4.69) is 19.9 Å². The van der Waals surface area contributed by atoms with Crippen molar-refractivity contribution in [2.24, 2.45) is 0 Å². The molecule has 0 aliphatic heterocycles. The summed E-state index contributed by atoms with van der Waals surface area (Å²) in [5.41, 5.74) is 0.844. The van der Waals surface area contributed by atoms with Crippen LogP contribution in [-0.2, 0) is 0 Å². The Labute approximate surface area is 80.8 Å². The van der Waals surface area contributed by atoms with Crippen molar-refractivity contribution in [1.82, 2.24) is 19.9 Å². The van der Waals surface area contributed by atoms with Gasteiger partial charge in [-0.15, -0.1) is 0 Å². The van der Waals surface area contributed by atoms with Gasteiger partial charge in [-0.3, -0.25) is 9.97 Å². The third-order valence-electron chi connectivity index (χ3n) is 1.51. The fourth-order valence-corrected chi connectivity index (χ4v) is 0.879.